The molecule has 3 rings (SSSR count). The van der Waals surface area contributed by atoms with Crippen LogP contribution >= 0.6 is 0 Å². The van der Waals surface area contributed by atoms with Crippen molar-refractivity contribution >= 4 is 17.5 Å². The number of aromatic nitrogens is 2. The molecule has 1 aromatic carbocycles. The monoisotopic (exact) mass is 256 g/mol. The van der Waals surface area contributed by atoms with Crippen LogP contribution in [0, 0.1) is 0 Å². The number of nitrogens with zero attached hydrogens (tertiary/aromatic N) is 3. The molecule has 0 saturated carbocycles. The Morgan fingerprint density at radius 3 is 2.74 bits per heavy atom. The van der Waals surface area contributed by atoms with Gasteiger partial charge in [0.15, 0.2) is 0 Å². The summed E-state index contributed by atoms with van der Waals surface area (Å²) in [7, 11) is 0. The average molecular weight is 256 g/mol. The molecule has 6 nitrogen and oxygen atoms in total. The molecular weight excluding hydrogens is 244 g/mol. The minimum absolute atomic E-state index is 0.380. The van der Waals surface area contributed by atoms with Crippen LogP contribution in [0.2, 0.25) is 0 Å². The molecule has 0 fully saturated rings. The van der Waals surface area contributed by atoms with Crippen molar-refractivity contribution in [1.29, 1.82) is 0 Å². The predicted molar refractivity (Wildman–Crippen MR) is 68.5 cm³/mol. The van der Waals surface area contributed by atoms with E-state index >= 15 is 0 Å². The summed E-state index contributed by atoms with van der Waals surface area (Å²) >= 11 is 0. The fraction of sp³-hybridized carbons (Fsp3) is 0.154. The van der Waals surface area contributed by atoms with Crippen LogP contribution in [0.4, 0.5) is 5.82 Å². The molecule has 2 heterocycles. The lowest BCUT2D eigenvalue weighted by Gasteiger charge is -2.27. The third-order valence-corrected chi connectivity index (χ3v) is 2.95. The van der Waals surface area contributed by atoms with Gasteiger partial charge in [0.05, 0.1) is 12.7 Å². The number of Topliss-reactive ketones (excluding diaryl/α,β-unsaturated/α-hetero) is 1. The number of amides is 1. The fourth-order valence-corrected chi connectivity index (χ4v) is 2.03. The smallest absolute Gasteiger partial charge is 0.283 e. The van der Waals surface area contributed by atoms with Crippen molar-refractivity contribution < 1.29 is 9.59 Å². The third kappa shape index (κ3) is 2.02. The van der Waals surface area contributed by atoms with Gasteiger partial charge in [-0.3, -0.25) is 9.59 Å². The Balaban J connectivity index is 1.89. The molecule has 1 aliphatic heterocycles. The number of hydrogen-bond donors (Lipinski definition) is 1. The highest BCUT2D eigenvalue weighted by atomic mass is 16.2. The second-order valence-electron chi connectivity index (χ2n) is 4.16. The van der Waals surface area contributed by atoms with Gasteiger partial charge in [0.1, 0.15) is 5.82 Å². The van der Waals surface area contributed by atoms with Crippen molar-refractivity contribution in [3.05, 3.63) is 48.2 Å². The van der Waals surface area contributed by atoms with E-state index in [0.717, 1.165) is 0 Å². The molecule has 1 amide bonds. The Bertz CT molecular complexity index is 621. The topological polar surface area (TPSA) is 67.2 Å². The number of rotatable bonds is 2. The maximum atomic E-state index is 12.2. The minimum atomic E-state index is -0.604. The van der Waals surface area contributed by atoms with E-state index in [9.17, 15) is 9.59 Å². The molecule has 1 aromatic heterocycles. The molecule has 96 valence electrons. The van der Waals surface area contributed by atoms with Crippen LogP contribution in [0.5, 0.6) is 0 Å². The Hall–Kier alpha value is -2.47. The third-order valence-electron chi connectivity index (χ3n) is 2.95. The Morgan fingerprint density at radius 2 is 1.95 bits per heavy atom. The number of ketones is 1. The van der Waals surface area contributed by atoms with Crippen molar-refractivity contribution in [3.63, 3.8) is 0 Å². The number of carbonyl (C=O) groups is 2. The van der Waals surface area contributed by atoms with Crippen LogP contribution in [0.15, 0.2) is 42.6 Å². The quantitative estimate of drug-likeness (QED) is 0.631. The van der Waals surface area contributed by atoms with Gasteiger partial charge in [-0.15, -0.1) is 0 Å². The van der Waals surface area contributed by atoms with Gasteiger partial charge in [0.25, 0.3) is 5.78 Å². The minimum Gasteiger partial charge on any atom is -0.283 e. The first-order valence-electron chi connectivity index (χ1n) is 5.96. The van der Waals surface area contributed by atoms with Crippen LogP contribution in [0.3, 0.4) is 0 Å². The molecule has 19 heavy (non-hydrogen) atoms. The zero-order valence-corrected chi connectivity index (χ0v) is 10.1. The number of fused-ring (bicyclic) bond motifs is 1. The standard InChI is InChI=1S/C13H12N4O2/c18-12(10-4-2-1-3-5-10)13(19)17-11-6-7-14-16(11)9-8-15-17/h1-7,15H,8-9H2. The van der Waals surface area contributed by atoms with Crippen LogP contribution in [-0.2, 0) is 11.3 Å². The van der Waals surface area contributed by atoms with E-state index in [2.05, 4.69) is 10.5 Å². The zero-order valence-electron chi connectivity index (χ0n) is 10.1. The predicted octanol–water partition coefficient (Wildman–Crippen LogP) is 0.617. The molecule has 0 aliphatic carbocycles. The van der Waals surface area contributed by atoms with Gasteiger partial charge in [-0.25, -0.2) is 15.1 Å². The number of hydrogen-bond acceptors (Lipinski definition) is 4. The molecular formula is C13H12N4O2. The van der Waals surface area contributed by atoms with E-state index in [1.54, 1.807) is 47.3 Å². The molecule has 0 bridgehead atoms. The summed E-state index contributed by atoms with van der Waals surface area (Å²) in [5.74, 6) is -0.559. The van der Waals surface area contributed by atoms with Crippen LogP contribution in [0.1, 0.15) is 10.4 Å². The average Bonchev–Trinajstić information content (AvgIpc) is 2.95. The SMILES string of the molecule is O=C(C(=O)N1NCCn2nccc21)c1ccccc1. The Labute approximate surface area is 109 Å². The number of carbonyl (C=O) groups excluding carboxylic acids is 2. The van der Waals surface area contributed by atoms with Crippen molar-refractivity contribution in [2.45, 2.75) is 6.54 Å². The Morgan fingerprint density at radius 1 is 1.16 bits per heavy atom. The normalized spacial score (nSPS) is 14.0. The largest absolute Gasteiger partial charge is 0.315 e. The van der Waals surface area contributed by atoms with E-state index in [1.807, 2.05) is 0 Å². The van der Waals surface area contributed by atoms with Crippen molar-refractivity contribution in [2.75, 3.05) is 11.6 Å². The molecule has 2 aromatic rings. The maximum Gasteiger partial charge on any atom is 0.315 e. The van der Waals surface area contributed by atoms with Gasteiger partial charge in [0, 0.05) is 18.2 Å². The Kier molecular flexibility index (Phi) is 2.85. The van der Waals surface area contributed by atoms with Crippen LogP contribution in [-0.4, -0.2) is 28.0 Å². The number of benzene rings is 1. The van der Waals surface area contributed by atoms with Crippen LogP contribution < -0.4 is 10.4 Å². The summed E-state index contributed by atoms with van der Waals surface area (Å²) < 4.78 is 1.69. The van der Waals surface area contributed by atoms with Gasteiger partial charge < -0.3 is 0 Å². The highest BCUT2D eigenvalue weighted by Crippen LogP contribution is 2.16. The lowest BCUT2D eigenvalue weighted by molar-refractivity contribution is -0.115. The second kappa shape index (κ2) is 4.66. The van der Waals surface area contributed by atoms with Crippen molar-refractivity contribution in [1.82, 2.24) is 15.2 Å². The highest BCUT2D eigenvalue weighted by Gasteiger charge is 2.28. The number of nitrogens with one attached hydrogen (secondary N) is 1. The molecule has 0 spiro atoms. The second-order valence-corrected chi connectivity index (χ2v) is 4.16. The number of hydrazine groups is 1. The maximum absolute atomic E-state index is 12.2. The van der Waals surface area contributed by atoms with Crippen LogP contribution in [0.25, 0.3) is 0 Å². The molecule has 1 N–H and O–H groups in total. The van der Waals surface area contributed by atoms with Gasteiger partial charge in [-0.05, 0) is 0 Å². The van der Waals surface area contributed by atoms with Crippen molar-refractivity contribution in [2.24, 2.45) is 0 Å². The lowest BCUT2D eigenvalue weighted by atomic mass is 10.1. The first-order chi connectivity index (χ1) is 9.27. The summed E-state index contributed by atoms with van der Waals surface area (Å²) in [6.45, 7) is 1.23. The molecule has 0 saturated heterocycles. The zero-order chi connectivity index (χ0) is 13.2. The summed E-state index contributed by atoms with van der Waals surface area (Å²) in [5.41, 5.74) is 3.29. The molecule has 1 aliphatic rings. The molecule has 0 unspecified atom stereocenters. The highest BCUT2D eigenvalue weighted by molar-refractivity contribution is 6.46. The number of anilines is 1. The molecule has 0 atom stereocenters. The first kappa shape index (κ1) is 11.6. The van der Waals surface area contributed by atoms with Gasteiger partial charge in [-0.1, -0.05) is 30.3 Å². The van der Waals surface area contributed by atoms with E-state index in [-0.39, 0.29) is 0 Å². The molecule has 6 heteroatoms. The van der Waals surface area contributed by atoms with E-state index in [0.29, 0.717) is 24.5 Å². The van der Waals surface area contributed by atoms with Gasteiger partial charge in [0.2, 0.25) is 0 Å². The summed E-state index contributed by atoms with van der Waals surface area (Å²) in [6, 6.07) is 10.2. The van der Waals surface area contributed by atoms with E-state index in [4.69, 9.17) is 0 Å². The summed E-state index contributed by atoms with van der Waals surface area (Å²) in [5, 5.41) is 5.35. The summed E-state index contributed by atoms with van der Waals surface area (Å²) in [6.07, 6.45) is 1.61. The fourth-order valence-electron chi connectivity index (χ4n) is 2.03. The van der Waals surface area contributed by atoms with E-state index < -0.39 is 11.7 Å². The first-order valence-corrected chi connectivity index (χ1v) is 5.96. The van der Waals surface area contributed by atoms with Gasteiger partial charge in [-0.2, -0.15) is 5.10 Å². The molecule has 0 radical (unpaired) electrons. The van der Waals surface area contributed by atoms with E-state index in [1.165, 1.54) is 5.01 Å². The van der Waals surface area contributed by atoms with Crippen molar-refractivity contribution in [3.8, 4) is 0 Å². The summed E-state index contributed by atoms with van der Waals surface area (Å²) in [4.78, 5) is 24.3. The lowest BCUT2D eigenvalue weighted by Crippen LogP contribution is -2.51. The van der Waals surface area contributed by atoms with Gasteiger partial charge >= 0.3 is 5.91 Å².